The van der Waals surface area contributed by atoms with Crippen LogP contribution in [0.15, 0.2) is 54.6 Å². The third-order valence-electron chi connectivity index (χ3n) is 3.99. The first kappa shape index (κ1) is 15.1. The molecule has 22 heavy (non-hydrogen) atoms. The molecule has 1 aliphatic carbocycles. The number of hydrogen-bond acceptors (Lipinski definition) is 2. The number of methoxy groups -OCH3 is 1. The molecule has 0 spiro atoms. The summed E-state index contributed by atoms with van der Waals surface area (Å²) in [5, 5.41) is 3.80. The van der Waals surface area contributed by atoms with Crippen LogP contribution in [0.2, 0.25) is 5.02 Å². The number of rotatable bonds is 5. The first-order valence-corrected chi connectivity index (χ1v) is 7.70. The van der Waals surface area contributed by atoms with Crippen molar-refractivity contribution >= 4 is 17.5 Å². The van der Waals surface area contributed by atoms with Gasteiger partial charge in [0, 0.05) is 24.1 Å². The summed E-state index contributed by atoms with van der Waals surface area (Å²) in [5.41, 5.74) is 2.08. The standard InChI is InChI=1S/C18H18ClNO2/c1-22-17(13-5-3-2-4-6-13)18(21)20-16-11-15(16)12-7-9-14(19)10-8-12/h2-10,15-17H,11H2,1H3,(H,20,21)/t15?,16-,17-/m1/s1. The highest BCUT2D eigenvalue weighted by Crippen LogP contribution is 2.41. The molecular weight excluding hydrogens is 298 g/mol. The third-order valence-corrected chi connectivity index (χ3v) is 4.24. The average Bonchev–Trinajstić information content (AvgIpc) is 3.29. The number of amides is 1. The average molecular weight is 316 g/mol. The maximum atomic E-state index is 12.4. The predicted molar refractivity (Wildman–Crippen MR) is 86.9 cm³/mol. The lowest BCUT2D eigenvalue weighted by Crippen LogP contribution is -2.32. The molecule has 4 heteroatoms. The van der Waals surface area contributed by atoms with Gasteiger partial charge < -0.3 is 10.1 Å². The molecule has 0 aliphatic heterocycles. The molecule has 1 saturated carbocycles. The molecule has 2 aromatic rings. The van der Waals surface area contributed by atoms with Crippen LogP contribution in [0.25, 0.3) is 0 Å². The highest BCUT2D eigenvalue weighted by atomic mass is 35.5. The second-order valence-corrected chi connectivity index (χ2v) is 5.97. The molecule has 0 radical (unpaired) electrons. The number of ether oxygens (including phenoxy) is 1. The molecule has 3 rings (SSSR count). The lowest BCUT2D eigenvalue weighted by atomic mass is 10.1. The van der Waals surface area contributed by atoms with Crippen LogP contribution in [-0.2, 0) is 9.53 Å². The van der Waals surface area contributed by atoms with Gasteiger partial charge in [0.15, 0.2) is 6.10 Å². The van der Waals surface area contributed by atoms with Gasteiger partial charge in [-0.1, -0.05) is 54.1 Å². The minimum atomic E-state index is -0.562. The first-order chi connectivity index (χ1) is 10.7. The molecule has 1 unspecified atom stereocenters. The van der Waals surface area contributed by atoms with E-state index in [1.54, 1.807) is 7.11 Å². The summed E-state index contributed by atoms with van der Waals surface area (Å²) in [7, 11) is 1.56. The van der Waals surface area contributed by atoms with Crippen molar-refractivity contribution < 1.29 is 9.53 Å². The van der Waals surface area contributed by atoms with Gasteiger partial charge in [0.05, 0.1) is 0 Å². The number of halogens is 1. The van der Waals surface area contributed by atoms with E-state index in [9.17, 15) is 4.79 Å². The third kappa shape index (κ3) is 3.32. The summed E-state index contributed by atoms with van der Waals surface area (Å²) < 4.78 is 5.35. The van der Waals surface area contributed by atoms with Gasteiger partial charge in [-0.15, -0.1) is 0 Å². The van der Waals surface area contributed by atoms with E-state index in [4.69, 9.17) is 16.3 Å². The van der Waals surface area contributed by atoms with Gasteiger partial charge in [-0.2, -0.15) is 0 Å². The molecule has 114 valence electrons. The minimum Gasteiger partial charge on any atom is -0.367 e. The fourth-order valence-electron chi connectivity index (χ4n) is 2.71. The Kier molecular flexibility index (Phi) is 4.46. The monoisotopic (exact) mass is 315 g/mol. The van der Waals surface area contributed by atoms with Gasteiger partial charge in [-0.3, -0.25) is 4.79 Å². The Morgan fingerprint density at radius 3 is 2.50 bits per heavy atom. The fraction of sp³-hybridized carbons (Fsp3) is 0.278. The Hall–Kier alpha value is -1.84. The van der Waals surface area contributed by atoms with Gasteiger partial charge in [-0.25, -0.2) is 0 Å². The number of carbonyl (C=O) groups is 1. The number of carbonyl (C=O) groups excluding carboxylic acids is 1. The van der Waals surface area contributed by atoms with Crippen LogP contribution in [-0.4, -0.2) is 19.1 Å². The SMILES string of the molecule is CO[C@@H](C(=O)N[C@@H]1CC1c1ccc(Cl)cc1)c1ccccc1. The molecule has 1 amide bonds. The van der Waals surface area contributed by atoms with Crippen LogP contribution < -0.4 is 5.32 Å². The molecule has 0 saturated heterocycles. The molecule has 1 aliphatic rings. The second-order valence-electron chi connectivity index (χ2n) is 5.54. The zero-order valence-corrected chi connectivity index (χ0v) is 13.1. The normalized spacial score (nSPS) is 21.2. The number of hydrogen-bond donors (Lipinski definition) is 1. The smallest absolute Gasteiger partial charge is 0.253 e. The van der Waals surface area contributed by atoms with Crippen LogP contribution in [0.3, 0.4) is 0 Å². The van der Waals surface area contributed by atoms with Gasteiger partial charge in [0.2, 0.25) is 0 Å². The van der Waals surface area contributed by atoms with Crippen molar-refractivity contribution in [1.82, 2.24) is 5.32 Å². The first-order valence-electron chi connectivity index (χ1n) is 7.32. The molecule has 0 heterocycles. The van der Waals surface area contributed by atoms with E-state index in [-0.39, 0.29) is 11.9 Å². The van der Waals surface area contributed by atoms with Crippen LogP contribution in [0, 0.1) is 0 Å². The largest absolute Gasteiger partial charge is 0.367 e. The van der Waals surface area contributed by atoms with E-state index in [2.05, 4.69) is 5.32 Å². The van der Waals surface area contributed by atoms with Crippen molar-refractivity contribution in [3.05, 3.63) is 70.7 Å². The number of benzene rings is 2. The molecule has 0 bridgehead atoms. The molecule has 2 aromatic carbocycles. The van der Waals surface area contributed by atoms with Crippen LogP contribution in [0.4, 0.5) is 0 Å². The van der Waals surface area contributed by atoms with Crippen LogP contribution >= 0.6 is 11.6 Å². The molecule has 0 aromatic heterocycles. The van der Waals surface area contributed by atoms with Crippen molar-refractivity contribution in [2.45, 2.75) is 24.5 Å². The summed E-state index contributed by atoms with van der Waals surface area (Å²) >= 11 is 5.90. The lowest BCUT2D eigenvalue weighted by molar-refractivity contribution is -0.131. The second kappa shape index (κ2) is 6.51. The van der Waals surface area contributed by atoms with Crippen LogP contribution in [0.1, 0.15) is 29.6 Å². The van der Waals surface area contributed by atoms with E-state index < -0.39 is 6.10 Å². The quantitative estimate of drug-likeness (QED) is 0.913. The Morgan fingerprint density at radius 2 is 1.86 bits per heavy atom. The van der Waals surface area contributed by atoms with Gasteiger partial charge in [0.1, 0.15) is 0 Å². The molecule has 1 N–H and O–H groups in total. The highest BCUT2D eigenvalue weighted by molar-refractivity contribution is 6.30. The van der Waals surface area contributed by atoms with Crippen molar-refractivity contribution in [2.24, 2.45) is 0 Å². The van der Waals surface area contributed by atoms with E-state index in [1.165, 1.54) is 5.56 Å². The number of nitrogens with one attached hydrogen (secondary N) is 1. The maximum Gasteiger partial charge on any atom is 0.253 e. The summed E-state index contributed by atoms with van der Waals surface area (Å²) in [6, 6.07) is 17.5. The van der Waals surface area contributed by atoms with Crippen molar-refractivity contribution in [3.8, 4) is 0 Å². The van der Waals surface area contributed by atoms with E-state index in [0.29, 0.717) is 5.92 Å². The maximum absolute atomic E-state index is 12.4. The topological polar surface area (TPSA) is 38.3 Å². The summed E-state index contributed by atoms with van der Waals surface area (Å²) in [5.74, 6) is 0.282. The Labute approximate surface area is 135 Å². The Bertz CT molecular complexity index is 642. The highest BCUT2D eigenvalue weighted by Gasteiger charge is 2.40. The van der Waals surface area contributed by atoms with E-state index in [0.717, 1.165) is 17.0 Å². The van der Waals surface area contributed by atoms with Gasteiger partial charge >= 0.3 is 0 Å². The zero-order chi connectivity index (χ0) is 15.5. The van der Waals surface area contributed by atoms with Crippen molar-refractivity contribution in [1.29, 1.82) is 0 Å². The van der Waals surface area contributed by atoms with Crippen LogP contribution in [0.5, 0.6) is 0 Å². The van der Waals surface area contributed by atoms with Crippen molar-refractivity contribution in [3.63, 3.8) is 0 Å². The predicted octanol–water partition coefficient (Wildman–Crippen LogP) is 3.70. The molecule has 1 fully saturated rings. The van der Waals surface area contributed by atoms with E-state index in [1.807, 2.05) is 54.6 Å². The summed E-state index contributed by atoms with van der Waals surface area (Å²) in [4.78, 5) is 12.4. The zero-order valence-electron chi connectivity index (χ0n) is 12.3. The summed E-state index contributed by atoms with van der Waals surface area (Å²) in [6.07, 6.45) is 0.395. The lowest BCUT2D eigenvalue weighted by Gasteiger charge is -2.15. The molecular formula is C18H18ClNO2. The van der Waals surface area contributed by atoms with Crippen molar-refractivity contribution in [2.75, 3.05) is 7.11 Å². The van der Waals surface area contributed by atoms with E-state index >= 15 is 0 Å². The minimum absolute atomic E-state index is 0.0878. The summed E-state index contributed by atoms with van der Waals surface area (Å²) in [6.45, 7) is 0. The Morgan fingerprint density at radius 1 is 1.18 bits per heavy atom. The van der Waals surface area contributed by atoms with Gasteiger partial charge in [-0.05, 0) is 29.7 Å². The van der Waals surface area contributed by atoms with Gasteiger partial charge in [0.25, 0.3) is 5.91 Å². The molecule has 3 atom stereocenters. The fourth-order valence-corrected chi connectivity index (χ4v) is 2.84. The molecule has 3 nitrogen and oxygen atoms in total. The Balaban J connectivity index is 1.62.